The molecular weight excluding hydrogens is 216 g/mol. The molecular formula is C13H32N2S. The summed E-state index contributed by atoms with van der Waals surface area (Å²) in [5, 5.41) is 6.74. The van der Waals surface area contributed by atoms with Gasteiger partial charge in [-0.2, -0.15) is 12.6 Å². The maximum Gasteiger partial charge on any atom is 0.00130 e. The van der Waals surface area contributed by atoms with Crippen molar-refractivity contribution in [2.75, 3.05) is 25.9 Å². The zero-order valence-electron chi connectivity index (χ0n) is 12.1. The Morgan fingerprint density at radius 2 is 1.81 bits per heavy atom. The summed E-state index contributed by atoms with van der Waals surface area (Å²) in [6.07, 6.45) is 2.39. The molecule has 0 aliphatic rings. The van der Waals surface area contributed by atoms with Crippen molar-refractivity contribution in [3.8, 4) is 0 Å². The summed E-state index contributed by atoms with van der Waals surface area (Å²) in [6.45, 7) is 12.8. The Balaban J connectivity index is 0. The van der Waals surface area contributed by atoms with Crippen LogP contribution in [0.15, 0.2) is 0 Å². The molecule has 0 saturated heterocycles. The molecule has 3 heteroatoms. The van der Waals surface area contributed by atoms with Gasteiger partial charge in [-0.1, -0.05) is 34.6 Å². The molecule has 0 spiro atoms. The molecule has 0 aliphatic carbocycles. The van der Waals surface area contributed by atoms with Crippen LogP contribution in [0.25, 0.3) is 0 Å². The Bertz CT molecular complexity index is 134. The standard InChI is InChI=1S/C11H26N2S.C2H6/c1-5-11(9-14,8-12-4)6-7-13-10(2)3;1-2/h10,12-14H,5-9H2,1-4H3;1-2H3. The fourth-order valence-electron chi connectivity index (χ4n) is 1.64. The third-order valence-corrected chi connectivity index (χ3v) is 3.52. The summed E-state index contributed by atoms with van der Waals surface area (Å²) in [5.74, 6) is 0.962. The van der Waals surface area contributed by atoms with Crippen molar-refractivity contribution in [3.05, 3.63) is 0 Å². The normalized spacial score (nSPS) is 14.2. The van der Waals surface area contributed by atoms with Gasteiger partial charge in [0.05, 0.1) is 0 Å². The highest BCUT2D eigenvalue weighted by atomic mass is 32.1. The van der Waals surface area contributed by atoms with E-state index in [-0.39, 0.29) is 0 Å². The molecule has 0 fully saturated rings. The molecule has 0 aromatic carbocycles. The molecule has 0 amide bonds. The van der Waals surface area contributed by atoms with Crippen molar-refractivity contribution in [2.24, 2.45) is 5.41 Å². The van der Waals surface area contributed by atoms with Gasteiger partial charge in [-0.15, -0.1) is 0 Å². The molecule has 0 aromatic rings. The van der Waals surface area contributed by atoms with E-state index in [9.17, 15) is 0 Å². The molecule has 0 rings (SSSR count). The van der Waals surface area contributed by atoms with E-state index >= 15 is 0 Å². The van der Waals surface area contributed by atoms with E-state index in [4.69, 9.17) is 0 Å². The van der Waals surface area contributed by atoms with Crippen LogP contribution < -0.4 is 10.6 Å². The van der Waals surface area contributed by atoms with Crippen LogP contribution in [-0.2, 0) is 0 Å². The molecule has 0 aliphatic heterocycles. The monoisotopic (exact) mass is 248 g/mol. The number of hydrogen-bond acceptors (Lipinski definition) is 3. The highest BCUT2D eigenvalue weighted by Gasteiger charge is 2.25. The van der Waals surface area contributed by atoms with Crippen molar-refractivity contribution < 1.29 is 0 Å². The molecule has 0 heterocycles. The molecule has 1 atom stereocenters. The van der Waals surface area contributed by atoms with Gasteiger partial charge in [0, 0.05) is 12.6 Å². The lowest BCUT2D eigenvalue weighted by atomic mass is 9.83. The van der Waals surface area contributed by atoms with E-state index < -0.39 is 0 Å². The van der Waals surface area contributed by atoms with E-state index in [0.29, 0.717) is 11.5 Å². The Kier molecular flexibility index (Phi) is 13.7. The molecule has 16 heavy (non-hydrogen) atoms. The van der Waals surface area contributed by atoms with Crippen LogP contribution in [0.3, 0.4) is 0 Å². The quantitative estimate of drug-likeness (QED) is 0.575. The summed E-state index contributed by atoms with van der Waals surface area (Å²) >= 11 is 4.47. The average Bonchev–Trinajstić information content (AvgIpc) is 2.30. The smallest absolute Gasteiger partial charge is 0.00130 e. The first-order chi connectivity index (χ1) is 7.60. The minimum atomic E-state index is 0.361. The van der Waals surface area contributed by atoms with Crippen LogP contribution in [0.4, 0.5) is 0 Å². The third kappa shape index (κ3) is 8.43. The van der Waals surface area contributed by atoms with Gasteiger partial charge in [0.25, 0.3) is 0 Å². The fraction of sp³-hybridized carbons (Fsp3) is 1.00. The van der Waals surface area contributed by atoms with E-state index in [2.05, 4.69) is 44.0 Å². The highest BCUT2D eigenvalue weighted by molar-refractivity contribution is 7.80. The van der Waals surface area contributed by atoms with E-state index in [1.54, 1.807) is 0 Å². The van der Waals surface area contributed by atoms with Crippen LogP contribution in [-0.4, -0.2) is 31.9 Å². The third-order valence-electron chi connectivity index (χ3n) is 2.85. The second-order valence-corrected chi connectivity index (χ2v) is 4.72. The van der Waals surface area contributed by atoms with Crippen molar-refractivity contribution >= 4 is 12.6 Å². The number of nitrogens with one attached hydrogen (secondary N) is 2. The van der Waals surface area contributed by atoms with Crippen molar-refractivity contribution in [3.63, 3.8) is 0 Å². The summed E-state index contributed by atoms with van der Waals surface area (Å²) in [7, 11) is 2.02. The van der Waals surface area contributed by atoms with Gasteiger partial charge >= 0.3 is 0 Å². The van der Waals surface area contributed by atoms with Gasteiger partial charge in [0.2, 0.25) is 0 Å². The minimum absolute atomic E-state index is 0.361. The Hall–Kier alpha value is 0.270. The van der Waals surface area contributed by atoms with Crippen LogP contribution in [0, 0.1) is 5.41 Å². The molecule has 0 aromatic heterocycles. The Morgan fingerprint density at radius 3 is 2.12 bits per heavy atom. The Morgan fingerprint density at radius 1 is 1.25 bits per heavy atom. The molecule has 100 valence electrons. The van der Waals surface area contributed by atoms with Gasteiger partial charge in [-0.3, -0.25) is 0 Å². The van der Waals surface area contributed by atoms with Crippen LogP contribution >= 0.6 is 12.6 Å². The summed E-state index contributed by atoms with van der Waals surface area (Å²) in [4.78, 5) is 0. The van der Waals surface area contributed by atoms with Gasteiger partial charge < -0.3 is 10.6 Å². The molecule has 0 bridgehead atoms. The lowest BCUT2D eigenvalue weighted by Crippen LogP contribution is -2.37. The first-order valence-corrected chi connectivity index (χ1v) is 7.22. The lowest BCUT2D eigenvalue weighted by Gasteiger charge is -2.31. The van der Waals surface area contributed by atoms with Crippen molar-refractivity contribution in [1.82, 2.24) is 10.6 Å². The first kappa shape index (κ1) is 18.6. The van der Waals surface area contributed by atoms with Gasteiger partial charge in [0.15, 0.2) is 0 Å². The van der Waals surface area contributed by atoms with Crippen molar-refractivity contribution in [1.29, 1.82) is 0 Å². The summed E-state index contributed by atoms with van der Waals surface area (Å²) < 4.78 is 0. The van der Waals surface area contributed by atoms with E-state index in [0.717, 1.165) is 18.8 Å². The van der Waals surface area contributed by atoms with Crippen LogP contribution in [0.5, 0.6) is 0 Å². The Labute approximate surface area is 108 Å². The zero-order chi connectivity index (χ0) is 13.0. The van der Waals surface area contributed by atoms with Crippen LogP contribution in [0.1, 0.15) is 47.5 Å². The number of hydrogen-bond donors (Lipinski definition) is 3. The first-order valence-electron chi connectivity index (χ1n) is 6.59. The second-order valence-electron chi connectivity index (χ2n) is 4.40. The predicted molar refractivity (Wildman–Crippen MR) is 79.6 cm³/mol. The van der Waals surface area contributed by atoms with E-state index in [1.807, 2.05) is 20.9 Å². The van der Waals surface area contributed by atoms with Gasteiger partial charge in [-0.25, -0.2) is 0 Å². The minimum Gasteiger partial charge on any atom is -0.319 e. The molecule has 2 N–H and O–H groups in total. The highest BCUT2D eigenvalue weighted by Crippen LogP contribution is 2.26. The SMILES string of the molecule is CC.CCC(CS)(CCNC(C)C)CNC. The lowest BCUT2D eigenvalue weighted by molar-refractivity contribution is 0.278. The average molecular weight is 248 g/mol. The molecule has 2 nitrogen and oxygen atoms in total. The molecule has 0 radical (unpaired) electrons. The summed E-state index contributed by atoms with van der Waals surface area (Å²) in [6, 6.07) is 0.582. The largest absolute Gasteiger partial charge is 0.319 e. The topological polar surface area (TPSA) is 24.1 Å². The fourth-order valence-corrected chi connectivity index (χ4v) is 2.13. The molecule has 0 saturated carbocycles. The zero-order valence-corrected chi connectivity index (χ0v) is 13.0. The maximum absolute atomic E-state index is 4.47. The summed E-state index contributed by atoms with van der Waals surface area (Å²) in [5.41, 5.74) is 0.361. The number of rotatable bonds is 8. The predicted octanol–water partition coefficient (Wildman–Crippen LogP) is 2.95. The maximum atomic E-state index is 4.47. The number of thiol groups is 1. The van der Waals surface area contributed by atoms with Gasteiger partial charge in [0.1, 0.15) is 0 Å². The van der Waals surface area contributed by atoms with Crippen molar-refractivity contribution in [2.45, 2.75) is 53.5 Å². The molecule has 1 unspecified atom stereocenters. The van der Waals surface area contributed by atoms with Gasteiger partial charge in [-0.05, 0) is 37.6 Å². The van der Waals surface area contributed by atoms with Crippen LogP contribution in [0.2, 0.25) is 0 Å². The van der Waals surface area contributed by atoms with E-state index in [1.165, 1.54) is 12.8 Å². The second kappa shape index (κ2) is 11.7.